The van der Waals surface area contributed by atoms with Gasteiger partial charge >= 0.3 is 0 Å². The zero-order chi connectivity index (χ0) is 18.0. The minimum absolute atomic E-state index is 0.0632. The molecule has 3 rings (SSSR count). The Bertz CT molecular complexity index is 848. The molecule has 1 N–H and O–H groups in total. The van der Waals surface area contributed by atoms with Crippen LogP contribution in [-0.4, -0.2) is 12.5 Å². The van der Waals surface area contributed by atoms with Gasteiger partial charge in [-0.2, -0.15) is 5.26 Å². The van der Waals surface area contributed by atoms with Crippen LogP contribution in [0, 0.1) is 31.1 Å². The van der Waals surface area contributed by atoms with Crippen LogP contribution >= 0.6 is 11.3 Å². The summed E-state index contributed by atoms with van der Waals surface area (Å²) in [6, 6.07) is 8.03. The standard InChI is InChI=1S/C20H22N2O2S/c1-12-4-7-16-17(10-21)20(25-18(16)8-12)22-19(23)11-24-15-6-5-13(2)14(3)9-15/h5-6,9,12H,4,7-8,11H2,1-3H3,(H,22,23)/t12-/m0/s1. The summed E-state index contributed by atoms with van der Waals surface area (Å²) in [6.45, 7) is 6.21. The molecule has 130 valence electrons. The molecule has 1 atom stereocenters. The summed E-state index contributed by atoms with van der Waals surface area (Å²) in [5.74, 6) is 1.08. The lowest BCUT2D eigenvalue weighted by Gasteiger charge is -2.17. The van der Waals surface area contributed by atoms with Crippen LogP contribution in [-0.2, 0) is 17.6 Å². The van der Waals surface area contributed by atoms with Gasteiger partial charge in [0.05, 0.1) is 5.56 Å². The van der Waals surface area contributed by atoms with Crippen molar-refractivity contribution < 1.29 is 9.53 Å². The highest BCUT2D eigenvalue weighted by molar-refractivity contribution is 7.16. The summed E-state index contributed by atoms with van der Waals surface area (Å²) in [4.78, 5) is 13.5. The molecule has 1 aliphatic carbocycles. The molecule has 0 aliphatic heterocycles. The van der Waals surface area contributed by atoms with E-state index in [1.807, 2.05) is 32.0 Å². The van der Waals surface area contributed by atoms with Gasteiger partial charge in [0.25, 0.3) is 5.91 Å². The van der Waals surface area contributed by atoms with E-state index in [1.54, 1.807) is 0 Å². The normalized spacial score (nSPS) is 16.0. The van der Waals surface area contributed by atoms with Gasteiger partial charge in [-0.3, -0.25) is 4.79 Å². The molecule has 4 nitrogen and oxygen atoms in total. The van der Waals surface area contributed by atoms with Crippen molar-refractivity contribution in [3.8, 4) is 11.8 Å². The molecule has 5 heteroatoms. The third-order valence-corrected chi connectivity index (χ3v) is 5.89. The van der Waals surface area contributed by atoms with Crippen LogP contribution in [0.3, 0.4) is 0 Å². The van der Waals surface area contributed by atoms with Gasteiger partial charge in [0, 0.05) is 4.88 Å². The fourth-order valence-electron chi connectivity index (χ4n) is 3.07. The molecule has 2 aromatic rings. The second-order valence-electron chi connectivity index (χ2n) is 6.75. The lowest BCUT2D eigenvalue weighted by atomic mass is 9.89. The lowest BCUT2D eigenvalue weighted by Crippen LogP contribution is -2.20. The monoisotopic (exact) mass is 354 g/mol. The van der Waals surface area contributed by atoms with E-state index >= 15 is 0 Å². The van der Waals surface area contributed by atoms with E-state index in [1.165, 1.54) is 21.8 Å². The number of nitrogens with zero attached hydrogens (tertiary/aromatic N) is 1. The van der Waals surface area contributed by atoms with Gasteiger partial charge in [0.2, 0.25) is 0 Å². The first-order chi connectivity index (χ1) is 12.0. The maximum absolute atomic E-state index is 12.2. The minimum atomic E-state index is -0.235. The first-order valence-corrected chi connectivity index (χ1v) is 9.34. The predicted octanol–water partition coefficient (Wildman–Crippen LogP) is 4.38. The number of fused-ring (bicyclic) bond motifs is 1. The van der Waals surface area contributed by atoms with E-state index in [4.69, 9.17) is 4.74 Å². The van der Waals surface area contributed by atoms with Crippen LogP contribution in [0.2, 0.25) is 0 Å². The van der Waals surface area contributed by atoms with Gasteiger partial charge < -0.3 is 10.1 Å². The van der Waals surface area contributed by atoms with E-state index in [2.05, 4.69) is 18.3 Å². The molecule has 1 amide bonds. The molecule has 0 saturated carbocycles. The summed E-state index contributed by atoms with van der Waals surface area (Å²) >= 11 is 1.53. The number of nitrogens with one attached hydrogen (secondary N) is 1. The van der Waals surface area contributed by atoms with Crippen LogP contribution in [0.15, 0.2) is 18.2 Å². The zero-order valence-electron chi connectivity index (χ0n) is 14.8. The Kier molecular flexibility index (Phi) is 5.10. The van der Waals surface area contributed by atoms with Crippen molar-refractivity contribution in [3.63, 3.8) is 0 Å². The Hall–Kier alpha value is -2.32. The number of aryl methyl sites for hydroxylation is 2. The van der Waals surface area contributed by atoms with Crippen LogP contribution in [0.25, 0.3) is 0 Å². The molecule has 0 bridgehead atoms. The number of hydrogen-bond donors (Lipinski definition) is 1. The number of hydrogen-bond acceptors (Lipinski definition) is 4. The second-order valence-corrected chi connectivity index (χ2v) is 7.86. The molecule has 1 aromatic heterocycles. The number of carbonyl (C=O) groups is 1. The van der Waals surface area contributed by atoms with Crippen LogP contribution in [0.1, 0.15) is 40.5 Å². The van der Waals surface area contributed by atoms with Crippen LogP contribution in [0.5, 0.6) is 5.75 Å². The summed E-state index contributed by atoms with van der Waals surface area (Å²) in [6.07, 6.45) is 3.01. The number of benzene rings is 1. The topological polar surface area (TPSA) is 62.1 Å². The minimum Gasteiger partial charge on any atom is -0.484 e. The van der Waals surface area contributed by atoms with Crippen molar-refractivity contribution in [1.82, 2.24) is 0 Å². The van der Waals surface area contributed by atoms with Crippen LogP contribution < -0.4 is 10.1 Å². The van der Waals surface area contributed by atoms with Crippen molar-refractivity contribution in [3.05, 3.63) is 45.3 Å². The largest absolute Gasteiger partial charge is 0.484 e. The highest BCUT2D eigenvalue weighted by atomic mass is 32.1. The second kappa shape index (κ2) is 7.28. The summed E-state index contributed by atoms with van der Waals surface area (Å²) < 4.78 is 5.58. The zero-order valence-corrected chi connectivity index (χ0v) is 15.6. The summed E-state index contributed by atoms with van der Waals surface area (Å²) in [5, 5.41) is 13.0. The number of thiophene rings is 1. The Morgan fingerprint density at radius 3 is 2.92 bits per heavy atom. The summed E-state index contributed by atoms with van der Waals surface area (Å²) in [5.41, 5.74) is 4.07. The molecule has 1 aromatic carbocycles. The maximum Gasteiger partial charge on any atom is 0.262 e. The third kappa shape index (κ3) is 3.85. The Labute approximate surface area is 152 Å². The average molecular weight is 354 g/mol. The van der Waals surface area contributed by atoms with Crippen LogP contribution in [0.4, 0.5) is 5.00 Å². The average Bonchev–Trinajstić information content (AvgIpc) is 2.91. The highest BCUT2D eigenvalue weighted by Gasteiger charge is 2.24. The van der Waals surface area contributed by atoms with E-state index < -0.39 is 0 Å². The number of nitriles is 1. The Morgan fingerprint density at radius 2 is 2.20 bits per heavy atom. The predicted molar refractivity (Wildman–Crippen MR) is 100 cm³/mol. The molecule has 25 heavy (non-hydrogen) atoms. The number of anilines is 1. The van der Waals surface area contributed by atoms with Crippen molar-refractivity contribution in [2.24, 2.45) is 5.92 Å². The number of rotatable bonds is 4. The van der Waals surface area contributed by atoms with Crippen molar-refractivity contribution in [1.29, 1.82) is 5.26 Å². The maximum atomic E-state index is 12.2. The molecular weight excluding hydrogens is 332 g/mol. The summed E-state index contributed by atoms with van der Waals surface area (Å²) in [7, 11) is 0. The van der Waals surface area contributed by atoms with E-state index in [-0.39, 0.29) is 12.5 Å². The quantitative estimate of drug-likeness (QED) is 0.886. The first kappa shape index (κ1) is 17.5. The third-order valence-electron chi connectivity index (χ3n) is 4.72. The number of ether oxygens (including phenoxy) is 1. The number of amides is 1. The smallest absolute Gasteiger partial charge is 0.262 e. The molecule has 0 radical (unpaired) electrons. The molecule has 1 heterocycles. The van der Waals surface area contributed by atoms with Gasteiger partial charge in [-0.1, -0.05) is 13.0 Å². The van der Waals surface area contributed by atoms with E-state index in [0.29, 0.717) is 22.2 Å². The van der Waals surface area contributed by atoms with Gasteiger partial charge in [0.1, 0.15) is 16.8 Å². The van der Waals surface area contributed by atoms with Crippen molar-refractivity contribution >= 4 is 22.2 Å². The molecular formula is C20H22N2O2S. The molecule has 1 aliphatic rings. The first-order valence-electron chi connectivity index (χ1n) is 8.52. The van der Waals surface area contributed by atoms with E-state index in [9.17, 15) is 10.1 Å². The van der Waals surface area contributed by atoms with Crippen molar-refractivity contribution in [2.75, 3.05) is 11.9 Å². The molecule has 0 fully saturated rings. The SMILES string of the molecule is Cc1ccc(OCC(=O)Nc2sc3c(c2C#N)CC[C@H](C)C3)cc1C. The van der Waals surface area contributed by atoms with Gasteiger partial charge in [-0.05, 0) is 67.9 Å². The lowest BCUT2D eigenvalue weighted by molar-refractivity contribution is -0.118. The van der Waals surface area contributed by atoms with Gasteiger partial charge in [0.15, 0.2) is 6.61 Å². The fourth-order valence-corrected chi connectivity index (χ4v) is 4.45. The van der Waals surface area contributed by atoms with Gasteiger partial charge in [-0.15, -0.1) is 11.3 Å². The molecule has 0 spiro atoms. The Balaban J connectivity index is 1.67. The number of carbonyl (C=O) groups excluding carboxylic acids is 1. The van der Waals surface area contributed by atoms with Crippen molar-refractivity contribution in [2.45, 2.75) is 40.0 Å². The molecule has 0 unspecified atom stereocenters. The fraction of sp³-hybridized carbons (Fsp3) is 0.400. The van der Waals surface area contributed by atoms with E-state index in [0.717, 1.165) is 30.4 Å². The molecule has 0 saturated heterocycles. The highest BCUT2D eigenvalue weighted by Crippen LogP contribution is 2.39. The van der Waals surface area contributed by atoms with Gasteiger partial charge in [-0.25, -0.2) is 0 Å². The Morgan fingerprint density at radius 1 is 1.40 bits per heavy atom.